The maximum absolute atomic E-state index is 12.0. The van der Waals surface area contributed by atoms with Crippen LogP contribution in [0.25, 0.3) is 28.1 Å². The van der Waals surface area contributed by atoms with E-state index in [4.69, 9.17) is 0 Å². The average Bonchev–Trinajstić information content (AvgIpc) is 3.01. The average molecular weight is 369 g/mol. The predicted octanol–water partition coefficient (Wildman–Crippen LogP) is 4.75. The Morgan fingerprint density at radius 2 is 1.81 bits per heavy atom. The second kappa shape index (κ2) is 7.09. The largest absolute Gasteiger partial charge is 0.361 e. The molecule has 0 fully saturated rings. The van der Waals surface area contributed by atoms with Crippen molar-refractivity contribution >= 4 is 27.0 Å². The van der Waals surface area contributed by atoms with Crippen LogP contribution < -0.4 is 4.72 Å². The number of H-pyrrole nitrogens is 1. The van der Waals surface area contributed by atoms with E-state index in [1.165, 1.54) is 10.8 Å². The molecule has 0 amide bonds. The molecular weight excluding hydrogens is 344 g/mol. The van der Waals surface area contributed by atoms with E-state index < -0.39 is 10.0 Å². The van der Waals surface area contributed by atoms with Crippen LogP contribution in [0.4, 0.5) is 0 Å². The van der Waals surface area contributed by atoms with Crippen molar-refractivity contribution in [3.05, 3.63) is 64.7 Å². The number of aromatic amines is 1. The Hall–Kier alpha value is -2.37. The maximum Gasteiger partial charge on any atom is 0.233 e. The molecule has 2 aromatic carbocycles. The highest BCUT2D eigenvalue weighted by molar-refractivity contribution is 7.92. The number of hydrogen-bond donors (Lipinski definition) is 2. The summed E-state index contributed by atoms with van der Waals surface area (Å²) < 4.78 is 26.6. The molecule has 1 aromatic heterocycles. The highest BCUT2D eigenvalue weighted by Gasteiger charge is 2.09. The molecule has 0 aliphatic heterocycles. The van der Waals surface area contributed by atoms with Crippen molar-refractivity contribution in [1.82, 2.24) is 9.71 Å². The van der Waals surface area contributed by atoms with Gasteiger partial charge < -0.3 is 4.98 Å². The highest BCUT2D eigenvalue weighted by atomic mass is 32.2. The maximum atomic E-state index is 12.0. The Labute approximate surface area is 155 Å². The summed E-state index contributed by atoms with van der Waals surface area (Å²) in [6.45, 7) is 7.65. The zero-order valence-corrected chi connectivity index (χ0v) is 16.3. The number of benzene rings is 2. The molecular formula is C21H24N2O2S. The van der Waals surface area contributed by atoms with Gasteiger partial charge in [-0.3, -0.25) is 0 Å². The first-order chi connectivity index (χ1) is 12.2. The van der Waals surface area contributed by atoms with Crippen LogP contribution in [0.1, 0.15) is 30.5 Å². The lowest BCUT2D eigenvalue weighted by Crippen LogP contribution is -2.28. The minimum absolute atomic E-state index is 0.127. The van der Waals surface area contributed by atoms with Gasteiger partial charge in [-0.25, -0.2) is 13.1 Å². The molecule has 0 unspecified atom stereocenters. The molecule has 0 aliphatic rings. The van der Waals surface area contributed by atoms with Gasteiger partial charge in [-0.2, -0.15) is 0 Å². The Morgan fingerprint density at radius 3 is 2.54 bits per heavy atom. The molecule has 0 saturated heterocycles. The van der Waals surface area contributed by atoms with Crippen LogP contribution in [0.15, 0.2) is 48.0 Å². The zero-order chi connectivity index (χ0) is 18.9. The van der Waals surface area contributed by atoms with E-state index >= 15 is 0 Å². The van der Waals surface area contributed by atoms with Gasteiger partial charge in [0, 0.05) is 23.2 Å². The van der Waals surface area contributed by atoms with E-state index in [2.05, 4.69) is 40.0 Å². The van der Waals surface area contributed by atoms with Crippen LogP contribution in [0.2, 0.25) is 0 Å². The molecule has 0 radical (unpaired) electrons. The number of hydrogen-bond acceptors (Lipinski definition) is 2. The first-order valence-corrected chi connectivity index (χ1v) is 10.2. The number of fused-ring (bicyclic) bond motifs is 1. The lowest BCUT2D eigenvalue weighted by Gasteiger charge is -2.11. The van der Waals surface area contributed by atoms with E-state index in [0.29, 0.717) is 0 Å². The summed E-state index contributed by atoms with van der Waals surface area (Å²) in [6.07, 6.45) is 3.60. The van der Waals surface area contributed by atoms with Crippen molar-refractivity contribution in [3.63, 3.8) is 0 Å². The van der Waals surface area contributed by atoms with Gasteiger partial charge in [-0.05, 0) is 85.2 Å². The van der Waals surface area contributed by atoms with Crippen LogP contribution in [0, 0.1) is 13.8 Å². The molecule has 0 atom stereocenters. The summed E-state index contributed by atoms with van der Waals surface area (Å²) in [5.74, 6) is 0. The molecule has 0 bridgehead atoms. The fourth-order valence-electron chi connectivity index (χ4n) is 3.08. The Morgan fingerprint density at radius 1 is 1.04 bits per heavy atom. The standard InChI is InChI=1S/C21H24N2O2S/c1-14(2)23-26(24,25)10-8-17-11-16(4)20(12-15(17)3)18-5-6-21-19(13-18)7-9-22-21/h5-14,22-23H,1-4H3/b10-8+. The summed E-state index contributed by atoms with van der Waals surface area (Å²) in [4.78, 5) is 3.21. The monoisotopic (exact) mass is 368 g/mol. The number of rotatable bonds is 5. The Balaban J connectivity index is 1.95. The van der Waals surface area contributed by atoms with Crippen molar-refractivity contribution in [2.75, 3.05) is 0 Å². The Bertz CT molecular complexity index is 1080. The molecule has 3 rings (SSSR count). The fraction of sp³-hybridized carbons (Fsp3) is 0.238. The topological polar surface area (TPSA) is 62.0 Å². The lowest BCUT2D eigenvalue weighted by atomic mass is 9.94. The third kappa shape index (κ3) is 4.06. The highest BCUT2D eigenvalue weighted by Crippen LogP contribution is 2.29. The SMILES string of the molecule is Cc1cc(-c2ccc3[nH]ccc3c2)c(C)cc1/C=C/S(=O)(=O)NC(C)C. The van der Waals surface area contributed by atoms with Crippen molar-refractivity contribution in [1.29, 1.82) is 0 Å². The summed E-state index contributed by atoms with van der Waals surface area (Å²) in [6, 6.07) is 12.4. The Kier molecular flexibility index (Phi) is 5.03. The van der Waals surface area contributed by atoms with Crippen molar-refractivity contribution < 1.29 is 8.42 Å². The molecule has 3 aromatic rings. The second-order valence-electron chi connectivity index (χ2n) is 6.92. The van der Waals surface area contributed by atoms with E-state index in [1.807, 2.05) is 26.1 Å². The smallest absolute Gasteiger partial charge is 0.233 e. The number of nitrogens with one attached hydrogen (secondary N) is 2. The number of aromatic nitrogens is 1. The second-order valence-corrected chi connectivity index (χ2v) is 8.52. The van der Waals surface area contributed by atoms with Crippen LogP contribution in [0.5, 0.6) is 0 Å². The van der Waals surface area contributed by atoms with Crippen LogP contribution >= 0.6 is 0 Å². The van der Waals surface area contributed by atoms with Crippen molar-refractivity contribution in [2.24, 2.45) is 0 Å². The third-order valence-electron chi connectivity index (χ3n) is 4.30. The van der Waals surface area contributed by atoms with Gasteiger partial charge in [0.1, 0.15) is 0 Å². The molecule has 0 saturated carbocycles. The van der Waals surface area contributed by atoms with Crippen LogP contribution in [-0.2, 0) is 10.0 Å². The minimum Gasteiger partial charge on any atom is -0.361 e. The van der Waals surface area contributed by atoms with E-state index in [9.17, 15) is 8.42 Å². The van der Waals surface area contributed by atoms with Gasteiger partial charge in [-0.1, -0.05) is 18.2 Å². The third-order valence-corrected chi connectivity index (χ3v) is 5.60. The van der Waals surface area contributed by atoms with E-state index in [1.54, 1.807) is 19.9 Å². The van der Waals surface area contributed by atoms with Gasteiger partial charge >= 0.3 is 0 Å². The van der Waals surface area contributed by atoms with Crippen LogP contribution in [-0.4, -0.2) is 19.4 Å². The lowest BCUT2D eigenvalue weighted by molar-refractivity contribution is 0.579. The molecule has 4 nitrogen and oxygen atoms in total. The van der Waals surface area contributed by atoms with E-state index in [-0.39, 0.29) is 6.04 Å². The van der Waals surface area contributed by atoms with Gasteiger partial charge in [0.15, 0.2) is 0 Å². The van der Waals surface area contributed by atoms with Crippen LogP contribution in [0.3, 0.4) is 0 Å². The first kappa shape index (κ1) is 18.4. The molecule has 0 aliphatic carbocycles. The minimum atomic E-state index is -3.42. The first-order valence-electron chi connectivity index (χ1n) is 8.64. The zero-order valence-electron chi connectivity index (χ0n) is 15.5. The molecule has 0 spiro atoms. The summed E-state index contributed by atoms with van der Waals surface area (Å²) in [7, 11) is -3.42. The molecule has 26 heavy (non-hydrogen) atoms. The van der Waals surface area contributed by atoms with E-state index in [0.717, 1.165) is 33.3 Å². The van der Waals surface area contributed by atoms with Gasteiger partial charge in [-0.15, -0.1) is 0 Å². The van der Waals surface area contributed by atoms with Crippen molar-refractivity contribution in [3.8, 4) is 11.1 Å². The fourth-order valence-corrected chi connectivity index (χ4v) is 4.14. The summed E-state index contributed by atoms with van der Waals surface area (Å²) >= 11 is 0. The quantitative estimate of drug-likeness (QED) is 0.683. The predicted molar refractivity (Wildman–Crippen MR) is 109 cm³/mol. The van der Waals surface area contributed by atoms with Crippen molar-refractivity contribution in [2.45, 2.75) is 33.7 Å². The van der Waals surface area contributed by atoms with Gasteiger partial charge in [0.2, 0.25) is 10.0 Å². The number of aryl methyl sites for hydroxylation is 2. The molecule has 136 valence electrons. The van der Waals surface area contributed by atoms with Gasteiger partial charge in [0.25, 0.3) is 0 Å². The molecule has 1 heterocycles. The van der Waals surface area contributed by atoms with Gasteiger partial charge in [0.05, 0.1) is 0 Å². The summed E-state index contributed by atoms with van der Waals surface area (Å²) in [5, 5.41) is 2.41. The molecule has 5 heteroatoms. The normalized spacial score (nSPS) is 12.5. The number of sulfonamides is 1. The summed E-state index contributed by atoms with van der Waals surface area (Å²) in [5.41, 5.74) is 6.48. The molecule has 2 N–H and O–H groups in total.